The third-order valence-electron chi connectivity index (χ3n) is 4.76. The monoisotopic (exact) mass is 292 g/mol. The second-order valence-electron chi connectivity index (χ2n) is 6.21. The van der Waals surface area contributed by atoms with E-state index < -0.39 is 0 Å². The van der Waals surface area contributed by atoms with E-state index in [2.05, 4.69) is 10.1 Å². The van der Waals surface area contributed by atoms with Gasteiger partial charge in [0.15, 0.2) is 0 Å². The van der Waals surface area contributed by atoms with Gasteiger partial charge in [-0.3, -0.25) is 9.48 Å². The SMILES string of the molecule is C[C@H]1OCCC[C@H]1C(=O)N1CCC(Cn2cncn2)CC1. The number of hydrogen-bond donors (Lipinski definition) is 0. The van der Waals surface area contributed by atoms with Gasteiger partial charge in [0.1, 0.15) is 12.7 Å². The van der Waals surface area contributed by atoms with E-state index in [1.165, 1.54) is 0 Å². The van der Waals surface area contributed by atoms with Crippen LogP contribution in [0.25, 0.3) is 0 Å². The van der Waals surface area contributed by atoms with E-state index in [-0.39, 0.29) is 12.0 Å². The van der Waals surface area contributed by atoms with Crippen molar-refractivity contribution in [3.63, 3.8) is 0 Å². The normalized spacial score (nSPS) is 27.8. The molecule has 0 spiro atoms. The highest BCUT2D eigenvalue weighted by Gasteiger charge is 2.33. The average Bonchev–Trinajstić information content (AvgIpc) is 3.01. The molecule has 6 heteroatoms. The summed E-state index contributed by atoms with van der Waals surface area (Å²) in [6.07, 6.45) is 7.48. The van der Waals surface area contributed by atoms with Crippen LogP contribution in [0.2, 0.25) is 0 Å². The van der Waals surface area contributed by atoms with Crippen molar-refractivity contribution >= 4 is 5.91 Å². The Bertz CT molecular complexity index is 454. The topological polar surface area (TPSA) is 60.2 Å². The summed E-state index contributed by atoms with van der Waals surface area (Å²) >= 11 is 0. The Labute approximate surface area is 125 Å². The first-order valence-corrected chi connectivity index (χ1v) is 7.97. The van der Waals surface area contributed by atoms with E-state index in [9.17, 15) is 4.79 Å². The highest BCUT2D eigenvalue weighted by molar-refractivity contribution is 5.79. The predicted molar refractivity (Wildman–Crippen MR) is 77.5 cm³/mol. The van der Waals surface area contributed by atoms with Crippen molar-refractivity contribution < 1.29 is 9.53 Å². The van der Waals surface area contributed by atoms with E-state index >= 15 is 0 Å². The lowest BCUT2D eigenvalue weighted by molar-refractivity contribution is -0.145. The molecule has 0 radical (unpaired) electrons. The van der Waals surface area contributed by atoms with Gasteiger partial charge in [-0.15, -0.1) is 0 Å². The number of carbonyl (C=O) groups is 1. The van der Waals surface area contributed by atoms with Crippen molar-refractivity contribution in [2.45, 2.75) is 45.3 Å². The Balaban J connectivity index is 1.49. The molecule has 0 aromatic carbocycles. The molecule has 0 aliphatic carbocycles. The standard InChI is InChI=1S/C15H24N4O2/c1-12-14(3-2-8-21-12)15(20)18-6-4-13(5-7-18)9-19-11-16-10-17-19/h10-14H,2-9H2,1H3/t12-,14-/m1/s1. The highest BCUT2D eigenvalue weighted by Crippen LogP contribution is 2.26. The van der Waals surface area contributed by atoms with Gasteiger partial charge in [0.05, 0.1) is 12.0 Å². The molecule has 0 bridgehead atoms. The molecule has 3 rings (SSSR count). The molecule has 2 atom stereocenters. The fourth-order valence-corrected chi connectivity index (χ4v) is 3.41. The van der Waals surface area contributed by atoms with Gasteiger partial charge in [0, 0.05) is 26.2 Å². The zero-order chi connectivity index (χ0) is 14.7. The van der Waals surface area contributed by atoms with Crippen LogP contribution in [0.1, 0.15) is 32.6 Å². The van der Waals surface area contributed by atoms with Gasteiger partial charge in [-0.1, -0.05) is 0 Å². The number of likely N-dealkylation sites (tertiary alicyclic amines) is 1. The number of nitrogens with zero attached hydrogens (tertiary/aromatic N) is 4. The van der Waals surface area contributed by atoms with Crippen LogP contribution in [0, 0.1) is 11.8 Å². The van der Waals surface area contributed by atoms with Crippen LogP contribution in [0.15, 0.2) is 12.7 Å². The van der Waals surface area contributed by atoms with Gasteiger partial charge in [-0.2, -0.15) is 5.10 Å². The second-order valence-corrected chi connectivity index (χ2v) is 6.21. The van der Waals surface area contributed by atoms with Gasteiger partial charge in [0.2, 0.25) is 5.91 Å². The van der Waals surface area contributed by atoms with Crippen molar-refractivity contribution in [2.24, 2.45) is 11.8 Å². The third-order valence-corrected chi connectivity index (χ3v) is 4.76. The minimum atomic E-state index is 0.0608. The maximum Gasteiger partial charge on any atom is 0.228 e. The summed E-state index contributed by atoms with van der Waals surface area (Å²) in [6.45, 7) is 5.46. The number of carbonyl (C=O) groups excluding carboxylic acids is 1. The molecule has 3 heterocycles. The lowest BCUT2D eigenvalue weighted by atomic mass is 9.91. The molecule has 1 aromatic rings. The number of amides is 1. The van der Waals surface area contributed by atoms with Crippen LogP contribution in [0.5, 0.6) is 0 Å². The Morgan fingerprint density at radius 1 is 1.33 bits per heavy atom. The summed E-state index contributed by atoms with van der Waals surface area (Å²) in [5.41, 5.74) is 0. The quantitative estimate of drug-likeness (QED) is 0.843. The molecule has 21 heavy (non-hydrogen) atoms. The van der Waals surface area contributed by atoms with Crippen molar-refractivity contribution in [3.05, 3.63) is 12.7 Å². The van der Waals surface area contributed by atoms with Gasteiger partial charge in [-0.05, 0) is 38.5 Å². The average molecular weight is 292 g/mol. The van der Waals surface area contributed by atoms with Crippen LogP contribution in [-0.4, -0.2) is 51.4 Å². The highest BCUT2D eigenvalue weighted by atomic mass is 16.5. The van der Waals surface area contributed by atoms with Crippen molar-refractivity contribution in [1.82, 2.24) is 19.7 Å². The maximum atomic E-state index is 12.6. The molecule has 2 saturated heterocycles. The van der Waals surface area contributed by atoms with Crippen LogP contribution in [-0.2, 0) is 16.1 Å². The van der Waals surface area contributed by atoms with Gasteiger partial charge in [-0.25, -0.2) is 4.98 Å². The van der Waals surface area contributed by atoms with Crippen molar-refractivity contribution in [3.8, 4) is 0 Å². The van der Waals surface area contributed by atoms with E-state index in [4.69, 9.17) is 4.74 Å². The summed E-state index contributed by atoms with van der Waals surface area (Å²) < 4.78 is 7.52. The van der Waals surface area contributed by atoms with E-state index in [0.717, 1.165) is 51.9 Å². The lowest BCUT2D eigenvalue weighted by Crippen LogP contribution is -2.46. The van der Waals surface area contributed by atoms with E-state index in [1.807, 2.05) is 16.5 Å². The molecule has 1 amide bonds. The Kier molecular flexibility index (Phi) is 4.53. The van der Waals surface area contributed by atoms with Gasteiger partial charge < -0.3 is 9.64 Å². The fourth-order valence-electron chi connectivity index (χ4n) is 3.41. The predicted octanol–water partition coefficient (Wildman–Crippen LogP) is 1.33. The fraction of sp³-hybridized carbons (Fsp3) is 0.800. The van der Waals surface area contributed by atoms with Crippen LogP contribution in [0.3, 0.4) is 0 Å². The maximum absolute atomic E-state index is 12.6. The minimum absolute atomic E-state index is 0.0608. The summed E-state index contributed by atoms with van der Waals surface area (Å²) in [5, 5.41) is 4.16. The molecule has 2 aliphatic rings. The molecule has 0 N–H and O–H groups in total. The molecule has 1 aromatic heterocycles. The molecule has 2 aliphatic heterocycles. The van der Waals surface area contributed by atoms with Crippen LogP contribution in [0.4, 0.5) is 0 Å². The first kappa shape index (κ1) is 14.5. The largest absolute Gasteiger partial charge is 0.378 e. The molecular formula is C15H24N4O2. The van der Waals surface area contributed by atoms with E-state index in [0.29, 0.717) is 11.8 Å². The minimum Gasteiger partial charge on any atom is -0.378 e. The lowest BCUT2D eigenvalue weighted by Gasteiger charge is -2.37. The number of aromatic nitrogens is 3. The van der Waals surface area contributed by atoms with Crippen LogP contribution < -0.4 is 0 Å². The zero-order valence-corrected chi connectivity index (χ0v) is 12.6. The van der Waals surface area contributed by atoms with Crippen molar-refractivity contribution in [2.75, 3.05) is 19.7 Å². The van der Waals surface area contributed by atoms with Crippen LogP contribution >= 0.6 is 0 Å². The molecule has 2 fully saturated rings. The number of hydrogen-bond acceptors (Lipinski definition) is 4. The Hall–Kier alpha value is -1.43. The first-order chi connectivity index (χ1) is 10.2. The number of piperidine rings is 1. The second kappa shape index (κ2) is 6.56. The summed E-state index contributed by atoms with van der Waals surface area (Å²) in [7, 11) is 0. The smallest absolute Gasteiger partial charge is 0.228 e. The number of rotatable bonds is 3. The zero-order valence-electron chi connectivity index (χ0n) is 12.6. The van der Waals surface area contributed by atoms with Gasteiger partial charge in [0.25, 0.3) is 0 Å². The third kappa shape index (κ3) is 3.43. The summed E-state index contributed by atoms with van der Waals surface area (Å²) in [5.74, 6) is 0.947. The molecular weight excluding hydrogens is 268 g/mol. The Morgan fingerprint density at radius 2 is 2.14 bits per heavy atom. The van der Waals surface area contributed by atoms with E-state index in [1.54, 1.807) is 12.7 Å². The molecule has 6 nitrogen and oxygen atoms in total. The molecule has 0 saturated carbocycles. The van der Waals surface area contributed by atoms with Crippen molar-refractivity contribution in [1.29, 1.82) is 0 Å². The summed E-state index contributed by atoms with van der Waals surface area (Å²) in [4.78, 5) is 18.6. The first-order valence-electron chi connectivity index (χ1n) is 7.97. The molecule has 0 unspecified atom stereocenters. The Morgan fingerprint density at radius 3 is 2.81 bits per heavy atom. The number of ether oxygens (including phenoxy) is 1. The summed E-state index contributed by atoms with van der Waals surface area (Å²) in [6, 6.07) is 0. The molecule has 116 valence electrons. The van der Waals surface area contributed by atoms with Gasteiger partial charge >= 0.3 is 0 Å².